The number of nitrogens with zero attached hydrogens (tertiary/aromatic N) is 1. The van der Waals surface area contributed by atoms with Gasteiger partial charge < -0.3 is 10.2 Å². The maximum absolute atomic E-state index is 12.0. The predicted molar refractivity (Wildman–Crippen MR) is 90.0 cm³/mol. The van der Waals surface area contributed by atoms with Crippen molar-refractivity contribution in [1.29, 1.82) is 0 Å². The number of amides is 1. The maximum Gasteiger partial charge on any atom is 0.253 e. The van der Waals surface area contributed by atoms with E-state index in [1.807, 2.05) is 24.3 Å². The quantitative estimate of drug-likeness (QED) is 0.895. The van der Waals surface area contributed by atoms with Crippen molar-refractivity contribution >= 4 is 22.9 Å². The Balaban J connectivity index is 2.22. The first-order valence-electron chi connectivity index (χ1n) is 7.10. The Kier molecular flexibility index (Phi) is 5.02. The van der Waals surface area contributed by atoms with Crippen LogP contribution in [0.25, 0.3) is 0 Å². The van der Waals surface area contributed by atoms with Crippen molar-refractivity contribution in [3.8, 4) is 0 Å². The summed E-state index contributed by atoms with van der Waals surface area (Å²) in [6.07, 6.45) is 0. The number of carbonyl (C=O) groups excluding carboxylic acids is 1. The Bertz CT molecular complexity index is 591. The van der Waals surface area contributed by atoms with Crippen LogP contribution >= 0.6 is 11.3 Å². The second kappa shape index (κ2) is 6.76. The van der Waals surface area contributed by atoms with Gasteiger partial charge in [-0.25, -0.2) is 0 Å². The van der Waals surface area contributed by atoms with E-state index >= 15 is 0 Å². The smallest absolute Gasteiger partial charge is 0.253 e. The normalized spacial score (nSPS) is 12.2. The molecule has 1 amide bonds. The second-order valence-electron chi connectivity index (χ2n) is 5.66. The molecule has 1 N–H and O–H groups in total. The summed E-state index contributed by atoms with van der Waals surface area (Å²) in [5.74, 6) is 0.493. The molecule has 112 valence electrons. The molecule has 0 aliphatic heterocycles. The van der Waals surface area contributed by atoms with Crippen LogP contribution in [0.2, 0.25) is 0 Å². The van der Waals surface area contributed by atoms with Crippen molar-refractivity contribution in [2.75, 3.05) is 19.4 Å². The van der Waals surface area contributed by atoms with Gasteiger partial charge in [-0.1, -0.05) is 26.0 Å². The molecule has 1 atom stereocenters. The molecule has 2 aromatic rings. The molecule has 4 heteroatoms. The molecule has 1 aromatic heterocycles. The lowest BCUT2D eigenvalue weighted by Gasteiger charge is -2.23. The highest BCUT2D eigenvalue weighted by molar-refractivity contribution is 7.10. The maximum atomic E-state index is 12.0. The molecule has 1 aromatic carbocycles. The first kappa shape index (κ1) is 15.6. The van der Waals surface area contributed by atoms with Gasteiger partial charge in [-0.05, 0) is 35.6 Å². The first-order chi connectivity index (χ1) is 9.99. The van der Waals surface area contributed by atoms with Crippen molar-refractivity contribution in [2.24, 2.45) is 5.92 Å². The Labute approximate surface area is 130 Å². The van der Waals surface area contributed by atoms with Crippen molar-refractivity contribution in [3.63, 3.8) is 0 Å². The van der Waals surface area contributed by atoms with E-state index in [0.717, 1.165) is 5.69 Å². The van der Waals surface area contributed by atoms with Gasteiger partial charge in [-0.15, -0.1) is 11.3 Å². The fourth-order valence-electron chi connectivity index (χ4n) is 2.21. The lowest BCUT2D eigenvalue weighted by Crippen LogP contribution is -2.22. The number of thiophene rings is 1. The number of anilines is 1. The molecular formula is C17H22N2OS. The van der Waals surface area contributed by atoms with Crippen LogP contribution in [0.5, 0.6) is 0 Å². The van der Waals surface area contributed by atoms with Crippen LogP contribution in [-0.4, -0.2) is 24.9 Å². The van der Waals surface area contributed by atoms with E-state index in [9.17, 15) is 4.79 Å². The highest BCUT2D eigenvalue weighted by Crippen LogP contribution is 2.30. The summed E-state index contributed by atoms with van der Waals surface area (Å²) in [6.45, 7) is 4.40. The van der Waals surface area contributed by atoms with Crippen LogP contribution in [0.4, 0.5) is 5.69 Å². The van der Waals surface area contributed by atoms with E-state index in [2.05, 4.69) is 36.7 Å². The summed E-state index contributed by atoms with van der Waals surface area (Å²) in [5.41, 5.74) is 1.69. The number of rotatable bonds is 5. The average molecular weight is 302 g/mol. The third-order valence-corrected chi connectivity index (χ3v) is 4.31. The summed E-state index contributed by atoms with van der Waals surface area (Å²) >= 11 is 1.76. The number of carbonyl (C=O) groups is 1. The standard InChI is InChI=1S/C17H22N2OS/c1-12(2)16(15-9-6-10-21-15)18-14-8-5-7-13(11-14)17(20)19(3)4/h5-12,16,18H,1-4H3. The summed E-state index contributed by atoms with van der Waals surface area (Å²) < 4.78 is 0. The van der Waals surface area contributed by atoms with Gasteiger partial charge in [0.25, 0.3) is 5.91 Å². The van der Waals surface area contributed by atoms with E-state index < -0.39 is 0 Å². The van der Waals surface area contributed by atoms with Crippen LogP contribution in [0.3, 0.4) is 0 Å². The zero-order valence-corrected chi connectivity index (χ0v) is 13.8. The summed E-state index contributed by atoms with van der Waals surface area (Å²) in [5, 5.41) is 5.65. The molecule has 0 spiro atoms. The molecule has 1 unspecified atom stereocenters. The van der Waals surface area contributed by atoms with E-state index in [0.29, 0.717) is 11.5 Å². The zero-order valence-electron chi connectivity index (χ0n) is 13.0. The number of hydrogen-bond acceptors (Lipinski definition) is 3. The molecule has 0 saturated carbocycles. The Morgan fingerprint density at radius 2 is 1.95 bits per heavy atom. The lowest BCUT2D eigenvalue weighted by atomic mass is 10.0. The van der Waals surface area contributed by atoms with Crippen LogP contribution in [0.1, 0.15) is 35.1 Å². The fraction of sp³-hybridized carbons (Fsp3) is 0.353. The van der Waals surface area contributed by atoms with Crippen LogP contribution in [0, 0.1) is 5.92 Å². The second-order valence-corrected chi connectivity index (χ2v) is 6.64. The number of nitrogens with one attached hydrogen (secondary N) is 1. The molecule has 21 heavy (non-hydrogen) atoms. The van der Waals surface area contributed by atoms with Crippen molar-refractivity contribution in [2.45, 2.75) is 19.9 Å². The fourth-order valence-corrected chi connectivity index (χ4v) is 3.16. The van der Waals surface area contributed by atoms with Crippen LogP contribution < -0.4 is 5.32 Å². The minimum Gasteiger partial charge on any atom is -0.377 e. The molecule has 2 rings (SSSR count). The van der Waals surface area contributed by atoms with Gasteiger partial charge in [0, 0.05) is 30.2 Å². The predicted octanol–water partition coefficient (Wildman–Crippen LogP) is 4.26. The van der Waals surface area contributed by atoms with Crippen LogP contribution in [0.15, 0.2) is 41.8 Å². The molecule has 1 heterocycles. The van der Waals surface area contributed by atoms with Gasteiger partial charge >= 0.3 is 0 Å². The topological polar surface area (TPSA) is 32.3 Å². The van der Waals surface area contributed by atoms with Gasteiger partial charge in [0.15, 0.2) is 0 Å². The summed E-state index contributed by atoms with van der Waals surface area (Å²) in [6, 6.07) is 12.2. The Morgan fingerprint density at radius 3 is 2.52 bits per heavy atom. The molecule has 0 bridgehead atoms. The van der Waals surface area contributed by atoms with Crippen molar-refractivity contribution < 1.29 is 4.79 Å². The SMILES string of the molecule is CC(C)C(Nc1cccc(C(=O)N(C)C)c1)c1cccs1. The van der Waals surface area contributed by atoms with Crippen LogP contribution in [-0.2, 0) is 0 Å². The van der Waals surface area contributed by atoms with E-state index in [1.165, 1.54) is 4.88 Å². The van der Waals surface area contributed by atoms with Crippen molar-refractivity contribution in [1.82, 2.24) is 4.90 Å². The molecule has 0 aliphatic carbocycles. The highest BCUT2D eigenvalue weighted by Gasteiger charge is 2.17. The monoisotopic (exact) mass is 302 g/mol. The Morgan fingerprint density at radius 1 is 1.19 bits per heavy atom. The van der Waals surface area contributed by atoms with E-state index in [-0.39, 0.29) is 11.9 Å². The highest BCUT2D eigenvalue weighted by atomic mass is 32.1. The molecule has 0 fully saturated rings. The molecule has 3 nitrogen and oxygen atoms in total. The first-order valence-corrected chi connectivity index (χ1v) is 7.98. The summed E-state index contributed by atoms with van der Waals surface area (Å²) in [7, 11) is 3.54. The minimum atomic E-state index is 0.0240. The van der Waals surface area contributed by atoms with E-state index in [1.54, 1.807) is 30.3 Å². The number of hydrogen-bond donors (Lipinski definition) is 1. The van der Waals surface area contributed by atoms with E-state index in [4.69, 9.17) is 0 Å². The molecule has 0 aliphatic rings. The van der Waals surface area contributed by atoms with Crippen molar-refractivity contribution in [3.05, 3.63) is 52.2 Å². The lowest BCUT2D eigenvalue weighted by molar-refractivity contribution is 0.0827. The third-order valence-electron chi connectivity index (χ3n) is 3.35. The average Bonchev–Trinajstić information content (AvgIpc) is 2.97. The van der Waals surface area contributed by atoms with Gasteiger partial charge in [-0.2, -0.15) is 0 Å². The third kappa shape index (κ3) is 3.85. The number of benzene rings is 1. The van der Waals surface area contributed by atoms with Gasteiger partial charge in [0.2, 0.25) is 0 Å². The molecule has 0 saturated heterocycles. The summed E-state index contributed by atoms with van der Waals surface area (Å²) in [4.78, 5) is 15.0. The largest absolute Gasteiger partial charge is 0.377 e. The van der Waals surface area contributed by atoms with Gasteiger partial charge in [-0.3, -0.25) is 4.79 Å². The Hall–Kier alpha value is -1.81. The van der Waals surface area contributed by atoms with Gasteiger partial charge in [0.1, 0.15) is 0 Å². The minimum absolute atomic E-state index is 0.0240. The van der Waals surface area contributed by atoms with Gasteiger partial charge in [0.05, 0.1) is 6.04 Å². The zero-order chi connectivity index (χ0) is 15.4. The molecule has 0 radical (unpaired) electrons. The molecular weight excluding hydrogens is 280 g/mol.